The van der Waals surface area contributed by atoms with Gasteiger partial charge < -0.3 is 20.0 Å². The molecule has 20 heavy (non-hydrogen) atoms. The molecule has 2 atom stereocenters. The lowest BCUT2D eigenvalue weighted by Crippen LogP contribution is -2.28. The molecule has 2 unspecified atom stereocenters. The number of furan rings is 1. The minimum atomic E-state index is -0.471. The SMILES string of the molecule is Nc1nc(=O)n(C2CCC(CO)O2)cc1-c1ccco1. The first kappa shape index (κ1) is 12.9. The van der Waals surface area contributed by atoms with Gasteiger partial charge in [0.25, 0.3) is 0 Å². The Bertz CT molecular complexity index is 650. The van der Waals surface area contributed by atoms with Crippen molar-refractivity contribution in [1.29, 1.82) is 0 Å². The van der Waals surface area contributed by atoms with Crippen molar-refractivity contribution >= 4 is 5.82 Å². The highest BCUT2D eigenvalue weighted by molar-refractivity contribution is 5.68. The maximum absolute atomic E-state index is 11.9. The quantitative estimate of drug-likeness (QED) is 0.858. The molecule has 1 fully saturated rings. The van der Waals surface area contributed by atoms with E-state index in [4.69, 9.17) is 20.0 Å². The lowest BCUT2D eigenvalue weighted by atomic mass is 10.2. The van der Waals surface area contributed by atoms with Crippen molar-refractivity contribution in [3.05, 3.63) is 35.1 Å². The number of hydrogen-bond donors (Lipinski definition) is 2. The van der Waals surface area contributed by atoms with Gasteiger partial charge >= 0.3 is 5.69 Å². The van der Waals surface area contributed by atoms with Crippen molar-refractivity contribution in [3.8, 4) is 11.3 Å². The second-order valence-corrected chi connectivity index (χ2v) is 4.68. The summed E-state index contributed by atoms with van der Waals surface area (Å²) in [4.78, 5) is 15.8. The molecule has 0 spiro atoms. The van der Waals surface area contributed by atoms with Gasteiger partial charge in [0.05, 0.1) is 24.5 Å². The minimum absolute atomic E-state index is 0.0569. The Balaban J connectivity index is 2.00. The average Bonchev–Trinajstić information content (AvgIpc) is 3.09. The first-order valence-electron chi connectivity index (χ1n) is 6.38. The third-order valence-electron chi connectivity index (χ3n) is 3.37. The number of aromatic nitrogens is 2. The van der Waals surface area contributed by atoms with Crippen LogP contribution in [-0.4, -0.2) is 27.4 Å². The highest BCUT2D eigenvalue weighted by Gasteiger charge is 2.27. The van der Waals surface area contributed by atoms with Crippen LogP contribution in [-0.2, 0) is 4.74 Å². The van der Waals surface area contributed by atoms with Crippen LogP contribution in [0.4, 0.5) is 5.82 Å². The summed E-state index contributed by atoms with van der Waals surface area (Å²) in [6.07, 6.45) is 3.80. The van der Waals surface area contributed by atoms with Crippen LogP contribution in [0, 0.1) is 0 Å². The van der Waals surface area contributed by atoms with Gasteiger partial charge in [0.15, 0.2) is 0 Å². The first-order chi connectivity index (χ1) is 9.69. The lowest BCUT2D eigenvalue weighted by Gasteiger charge is -2.16. The third kappa shape index (κ3) is 2.21. The molecule has 7 nitrogen and oxygen atoms in total. The van der Waals surface area contributed by atoms with E-state index in [1.165, 1.54) is 10.8 Å². The maximum Gasteiger partial charge on any atom is 0.351 e. The van der Waals surface area contributed by atoms with Crippen LogP contribution in [0.25, 0.3) is 11.3 Å². The molecule has 0 bridgehead atoms. The highest BCUT2D eigenvalue weighted by Crippen LogP contribution is 2.29. The van der Waals surface area contributed by atoms with E-state index < -0.39 is 11.9 Å². The van der Waals surface area contributed by atoms with Crippen molar-refractivity contribution in [2.24, 2.45) is 0 Å². The van der Waals surface area contributed by atoms with E-state index in [0.717, 1.165) is 0 Å². The predicted molar refractivity (Wildman–Crippen MR) is 70.8 cm³/mol. The Labute approximate surface area is 114 Å². The zero-order chi connectivity index (χ0) is 14.1. The van der Waals surface area contributed by atoms with Gasteiger partial charge in [-0.25, -0.2) is 4.79 Å². The van der Waals surface area contributed by atoms with Gasteiger partial charge in [0.2, 0.25) is 0 Å². The number of nitrogens with two attached hydrogens (primary N) is 1. The molecule has 3 rings (SSSR count). The molecule has 0 aromatic carbocycles. The molecule has 7 heteroatoms. The topological polar surface area (TPSA) is 104 Å². The van der Waals surface area contributed by atoms with Gasteiger partial charge in [-0.15, -0.1) is 0 Å². The zero-order valence-electron chi connectivity index (χ0n) is 10.7. The summed E-state index contributed by atoms with van der Waals surface area (Å²) in [6, 6.07) is 3.48. The maximum atomic E-state index is 11.9. The van der Waals surface area contributed by atoms with Crippen LogP contribution in [0.3, 0.4) is 0 Å². The Hall–Kier alpha value is -2.12. The van der Waals surface area contributed by atoms with Crippen LogP contribution in [0.1, 0.15) is 19.1 Å². The molecular formula is C13H15N3O4. The van der Waals surface area contributed by atoms with E-state index >= 15 is 0 Å². The van der Waals surface area contributed by atoms with E-state index in [1.54, 1.807) is 18.3 Å². The zero-order valence-corrected chi connectivity index (χ0v) is 10.7. The van der Waals surface area contributed by atoms with Crippen molar-refractivity contribution in [2.45, 2.75) is 25.2 Å². The summed E-state index contributed by atoms with van der Waals surface area (Å²) in [6.45, 7) is -0.0569. The Morgan fingerprint density at radius 3 is 3.00 bits per heavy atom. The van der Waals surface area contributed by atoms with Crippen molar-refractivity contribution in [3.63, 3.8) is 0 Å². The molecule has 2 aromatic rings. The number of nitrogen functional groups attached to an aromatic ring is 1. The summed E-state index contributed by atoms with van der Waals surface area (Å²) in [7, 11) is 0. The molecule has 1 saturated heterocycles. The summed E-state index contributed by atoms with van der Waals surface area (Å²) in [5.74, 6) is 0.665. The van der Waals surface area contributed by atoms with Crippen LogP contribution in [0.2, 0.25) is 0 Å². The van der Waals surface area contributed by atoms with E-state index in [0.29, 0.717) is 24.2 Å². The average molecular weight is 277 g/mol. The Morgan fingerprint density at radius 1 is 1.50 bits per heavy atom. The van der Waals surface area contributed by atoms with Crippen molar-refractivity contribution < 1.29 is 14.3 Å². The number of nitrogens with zero attached hydrogens (tertiary/aromatic N) is 2. The van der Waals surface area contributed by atoms with E-state index in [2.05, 4.69) is 4.98 Å². The Morgan fingerprint density at radius 2 is 2.35 bits per heavy atom. The first-order valence-corrected chi connectivity index (χ1v) is 6.38. The third-order valence-corrected chi connectivity index (χ3v) is 3.37. The second-order valence-electron chi connectivity index (χ2n) is 4.68. The molecule has 0 saturated carbocycles. The second kappa shape index (κ2) is 5.10. The van der Waals surface area contributed by atoms with Crippen LogP contribution < -0.4 is 11.4 Å². The number of hydrogen-bond acceptors (Lipinski definition) is 6. The molecule has 0 radical (unpaired) electrons. The van der Waals surface area contributed by atoms with Gasteiger partial charge in [-0.1, -0.05) is 0 Å². The fourth-order valence-corrected chi connectivity index (χ4v) is 2.34. The summed E-state index contributed by atoms with van der Waals surface area (Å²) < 4.78 is 12.3. The molecule has 1 aliphatic rings. The molecule has 0 amide bonds. The van der Waals surface area contributed by atoms with Crippen LogP contribution in [0.15, 0.2) is 33.8 Å². The fourth-order valence-electron chi connectivity index (χ4n) is 2.34. The summed E-state index contributed by atoms with van der Waals surface area (Å²) >= 11 is 0. The van der Waals surface area contributed by atoms with Gasteiger partial charge in [0, 0.05) is 6.20 Å². The monoisotopic (exact) mass is 277 g/mol. The summed E-state index contributed by atoms with van der Waals surface area (Å²) in [5.41, 5.74) is 5.84. The predicted octanol–water partition coefficient (Wildman–Crippen LogP) is 0.755. The molecule has 106 valence electrons. The van der Waals surface area contributed by atoms with Crippen LogP contribution in [0.5, 0.6) is 0 Å². The van der Waals surface area contributed by atoms with E-state index in [1.807, 2.05) is 0 Å². The number of aliphatic hydroxyl groups excluding tert-OH is 1. The van der Waals surface area contributed by atoms with Gasteiger partial charge in [-0.05, 0) is 25.0 Å². The fraction of sp³-hybridized carbons (Fsp3) is 0.385. The summed E-state index contributed by atoms with van der Waals surface area (Å²) in [5, 5.41) is 9.09. The molecule has 1 aliphatic heterocycles. The highest BCUT2D eigenvalue weighted by atomic mass is 16.5. The van der Waals surface area contributed by atoms with Gasteiger partial charge in [-0.2, -0.15) is 4.98 Å². The minimum Gasteiger partial charge on any atom is -0.464 e. The Kier molecular flexibility index (Phi) is 3.29. The molecule has 3 N–H and O–H groups in total. The number of anilines is 1. The van der Waals surface area contributed by atoms with E-state index in [-0.39, 0.29) is 18.5 Å². The molecule has 2 aromatic heterocycles. The van der Waals surface area contributed by atoms with E-state index in [9.17, 15) is 4.79 Å². The number of rotatable bonds is 3. The normalized spacial score (nSPS) is 22.2. The van der Waals surface area contributed by atoms with Gasteiger partial charge in [0.1, 0.15) is 17.8 Å². The van der Waals surface area contributed by atoms with Crippen molar-refractivity contribution in [1.82, 2.24) is 9.55 Å². The number of aliphatic hydroxyl groups is 1. The van der Waals surface area contributed by atoms with Crippen LogP contribution >= 0.6 is 0 Å². The van der Waals surface area contributed by atoms with Crippen molar-refractivity contribution in [2.75, 3.05) is 12.3 Å². The number of ether oxygens (including phenoxy) is 1. The molecule has 0 aliphatic carbocycles. The standard InChI is InChI=1S/C13H15N3O4/c14-12-9(10-2-1-5-19-10)6-16(13(18)15-12)11-4-3-8(7-17)20-11/h1-2,5-6,8,11,17H,3-4,7H2,(H2,14,15,18). The molecular weight excluding hydrogens is 262 g/mol. The smallest absolute Gasteiger partial charge is 0.351 e. The van der Waals surface area contributed by atoms with Gasteiger partial charge in [-0.3, -0.25) is 4.57 Å². The lowest BCUT2D eigenvalue weighted by molar-refractivity contribution is -0.0244. The largest absolute Gasteiger partial charge is 0.464 e. The molecule has 3 heterocycles.